The van der Waals surface area contributed by atoms with Crippen molar-refractivity contribution in [1.29, 1.82) is 0 Å². The topological polar surface area (TPSA) is 41.9 Å². The highest BCUT2D eigenvalue weighted by molar-refractivity contribution is 8.13. The zero-order valence-electron chi connectivity index (χ0n) is 14.9. The summed E-state index contributed by atoms with van der Waals surface area (Å²) in [7, 11) is 1.66. The second-order valence-electron chi connectivity index (χ2n) is 6.12. The largest absolute Gasteiger partial charge is 0.380 e. The average molecular weight is 389 g/mol. The summed E-state index contributed by atoms with van der Waals surface area (Å²) in [5, 5.41) is 1.40. The number of amides is 1. The van der Waals surface area contributed by atoms with Gasteiger partial charge in [-0.05, 0) is 48.7 Å². The summed E-state index contributed by atoms with van der Waals surface area (Å²) in [6.07, 6.45) is 0.950. The highest BCUT2D eigenvalue weighted by Gasteiger charge is 2.24. The fourth-order valence-corrected chi connectivity index (χ4v) is 3.80. The first kappa shape index (κ1) is 19.0. The van der Waals surface area contributed by atoms with Crippen LogP contribution in [0.25, 0.3) is 0 Å². The van der Waals surface area contributed by atoms with Crippen molar-refractivity contribution < 1.29 is 9.53 Å². The summed E-state index contributed by atoms with van der Waals surface area (Å²) in [6, 6.07) is 13.2. The van der Waals surface area contributed by atoms with E-state index in [2.05, 4.69) is 4.99 Å². The number of amidine groups is 1. The van der Waals surface area contributed by atoms with Gasteiger partial charge in [0.15, 0.2) is 5.17 Å². The van der Waals surface area contributed by atoms with Crippen molar-refractivity contribution in [3.05, 3.63) is 64.2 Å². The van der Waals surface area contributed by atoms with Gasteiger partial charge in [-0.25, -0.2) is 4.99 Å². The number of methoxy groups -OCH3 is 1. The Morgan fingerprint density at radius 2 is 2.04 bits per heavy atom. The molecule has 0 N–H and O–H groups in total. The van der Waals surface area contributed by atoms with E-state index >= 15 is 0 Å². The molecule has 0 saturated carbocycles. The number of aliphatic imine (C=N–C) groups is 1. The van der Waals surface area contributed by atoms with Gasteiger partial charge < -0.3 is 4.74 Å². The number of aryl methyl sites for hydroxylation is 1. The summed E-state index contributed by atoms with van der Waals surface area (Å²) < 4.78 is 5.12. The van der Waals surface area contributed by atoms with Gasteiger partial charge >= 0.3 is 0 Å². The van der Waals surface area contributed by atoms with Crippen LogP contribution < -0.4 is 0 Å². The van der Waals surface area contributed by atoms with Crippen LogP contribution >= 0.6 is 23.4 Å². The van der Waals surface area contributed by atoms with E-state index in [9.17, 15) is 4.79 Å². The fourth-order valence-electron chi connectivity index (χ4n) is 2.67. The predicted octanol–water partition coefficient (Wildman–Crippen LogP) is 5.06. The molecule has 0 spiro atoms. The summed E-state index contributed by atoms with van der Waals surface area (Å²) in [4.78, 5) is 19.4. The number of hydrogen-bond donors (Lipinski definition) is 0. The zero-order valence-corrected chi connectivity index (χ0v) is 16.4. The lowest BCUT2D eigenvalue weighted by atomic mass is 10.1. The van der Waals surface area contributed by atoms with E-state index in [-0.39, 0.29) is 5.91 Å². The molecule has 0 bridgehead atoms. The number of benzene rings is 2. The lowest BCUT2D eigenvalue weighted by Crippen LogP contribution is -2.39. The first-order valence-corrected chi connectivity index (χ1v) is 9.82. The highest BCUT2D eigenvalue weighted by Crippen LogP contribution is 2.27. The number of hydrogen-bond acceptors (Lipinski definition) is 4. The lowest BCUT2D eigenvalue weighted by Gasteiger charge is -2.28. The van der Waals surface area contributed by atoms with Crippen LogP contribution in [0, 0.1) is 6.92 Å². The molecule has 1 aliphatic rings. The van der Waals surface area contributed by atoms with Crippen LogP contribution in [-0.2, 0) is 11.3 Å². The highest BCUT2D eigenvalue weighted by atomic mass is 35.5. The Kier molecular flexibility index (Phi) is 6.35. The molecule has 1 aliphatic heterocycles. The van der Waals surface area contributed by atoms with Gasteiger partial charge in [0.2, 0.25) is 0 Å². The second-order valence-corrected chi connectivity index (χ2v) is 7.59. The Morgan fingerprint density at radius 1 is 1.27 bits per heavy atom. The monoisotopic (exact) mass is 388 g/mol. The first-order chi connectivity index (χ1) is 12.6. The predicted molar refractivity (Wildman–Crippen MR) is 109 cm³/mol. The molecule has 0 aliphatic carbocycles. The number of thioether (sulfide) groups is 1. The molecule has 0 aromatic heterocycles. The van der Waals surface area contributed by atoms with Gasteiger partial charge in [-0.2, -0.15) is 0 Å². The van der Waals surface area contributed by atoms with E-state index in [1.54, 1.807) is 23.8 Å². The quantitative estimate of drug-likeness (QED) is 0.734. The van der Waals surface area contributed by atoms with Gasteiger partial charge in [0.1, 0.15) is 0 Å². The number of nitrogens with zero attached hydrogens (tertiary/aromatic N) is 2. The van der Waals surface area contributed by atoms with Gasteiger partial charge in [-0.15, -0.1) is 0 Å². The van der Waals surface area contributed by atoms with Gasteiger partial charge in [0.05, 0.1) is 12.3 Å². The third kappa shape index (κ3) is 4.47. The normalized spacial score (nSPS) is 16.1. The van der Waals surface area contributed by atoms with Crippen LogP contribution in [0.15, 0.2) is 47.5 Å². The number of rotatable bonds is 4. The van der Waals surface area contributed by atoms with Crippen molar-refractivity contribution in [3.8, 4) is 0 Å². The van der Waals surface area contributed by atoms with Crippen molar-refractivity contribution in [1.82, 2.24) is 4.90 Å². The van der Waals surface area contributed by atoms with Crippen molar-refractivity contribution >= 4 is 40.1 Å². The minimum absolute atomic E-state index is 0.0295. The van der Waals surface area contributed by atoms with Gasteiger partial charge in [-0.3, -0.25) is 9.69 Å². The average Bonchev–Trinajstić information content (AvgIpc) is 2.66. The molecule has 2 aromatic carbocycles. The van der Waals surface area contributed by atoms with Crippen molar-refractivity contribution in [2.45, 2.75) is 20.0 Å². The Morgan fingerprint density at radius 3 is 2.73 bits per heavy atom. The molecule has 1 fully saturated rings. The van der Waals surface area contributed by atoms with E-state index in [1.807, 2.05) is 49.4 Å². The maximum absolute atomic E-state index is 13.0. The van der Waals surface area contributed by atoms with Crippen LogP contribution in [0.4, 0.5) is 5.69 Å². The Bertz CT molecular complexity index is 821. The molecule has 6 heteroatoms. The van der Waals surface area contributed by atoms with Crippen LogP contribution in [0.2, 0.25) is 5.02 Å². The molecule has 0 atom stereocenters. The van der Waals surface area contributed by atoms with Crippen molar-refractivity contribution in [2.75, 3.05) is 19.4 Å². The standard InChI is InChI=1S/C20H21ClN2O2S/c1-14-4-9-17(12-18(14)21)22-20-23(10-3-11-26-20)19(24)16-7-5-15(6-8-16)13-25-2/h4-9,12H,3,10-11,13H2,1-2H3. The number of carbonyl (C=O) groups is 1. The zero-order chi connectivity index (χ0) is 18.5. The molecular formula is C20H21ClN2O2S. The maximum atomic E-state index is 13.0. The van der Waals surface area contributed by atoms with Crippen molar-refractivity contribution in [3.63, 3.8) is 0 Å². The second kappa shape index (κ2) is 8.71. The van der Waals surface area contributed by atoms with E-state index in [1.165, 1.54) is 0 Å². The molecule has 26 heavy (non-hydrogen) atoms. The SMILES string of the molecule is COCc1ccc(C(=O)N2CCCSC2=Nc2ccc(C)c(Cl)c2)cc1. The van der Waals surface area contributed by atoms with E-state index in [0.29, 0.717) is 23.7 Å². The third-order valence-electron chi connectivity index (χ3n) is 4.13. The summed E-state index contributed by atoms with van der Waals surface area (Å²) in [5.41, 5.74) is 3.47. The number of ether oxygens (including phenoxy) is 1. The number of carbonyl (C=O) groups excluding carboxylic acids is 1. The Labute approximate surface area is 163 Å². The lowest BCUT2D eigenvalue weighted by molar-refractivity contribution is 0.0849. The maximum Gasteiger partial charge on any atom is 0.259 e. The van der Waals surface area contributed by atoms with Crippen LogP contribution in [-0.4, -0.2) is 35.4 Å². The van der Waals surface area contributed by atoms with Crippen LogP contribution in [0.1, 0.15) is 27.9 Å². The molecular weight excluding hydrogens is 368 g/mol. The van der Waals surface area contributed by atoms with Crippen LogP contribution in [0.3, 0.4) is 0 Å². The summed E-state index contributed by atoms with van der Waals surface area (Å²) >= 11 is 7.80. The molecule has 0 radical (unpaired) electrons. The summed E-state index contributed by atoms with van der Waals surface area (Å²) in [6.45, 7) is 3.16. The molecule has 136 valence electrons. The molecule has 1 saturated heterocycles. The van der Waals surface area contributed by atoms with E-state index < -0.39 is 0 Å². The molecule has 4 nitrogen and oxygen atoms in total. The first-order valence-electron chi connectivity index (χ1n) is 8.46. The minimum Gasteiger partial charge on any atom is -0.380 e. The molecule has 2 aromatic rings. The summed E-state index contributed by atoms with van der Waals surface area (Å²) in [5.74, 6) is 0.924. The minimum atomic E-state index is -0.0295. The van der Waals surface area contributed by atoms with E-state index in [4.69, 9.17) is 16.3 Å². The van der Waals surface area contributed by atoms with Crippen LogP contribution in [0.5, 0.6) is 0 Å². The number of halogens is 1. The third-order valence-corrected chi connectivity index (χ3v) is 5.60. The fraction of sp³-hybridized carbons (Fsp3) is 0.300. The van der Waals surface area contributed by atoms with Crippen molar-refractivity contribution in [2.24, 2.45) is 4.99 Å². The molecule has 1 amide bonds. The smallest absolute Gasteiger partial charge is 0.259 e. The Balaban J connectivity index is 1.84. The van der Waals surface area contributed by atoms with Gasteiger partial charge in [-0.1, -0.05) is 41.6 Å². The molecule has 1 heterocycles. The molecule has 3 rings (SSSR count). The van der Waals surface area contributed by atoms with Gasteiger partial charge in [0.25, 0.3) is 5.91 Å². The Hall–Kier alpha value is -1.82. The van der Waals surface area contributed by atoms with E-state index in [0.717, 1.165) is 34.2 Å². The van der Waals surface area contributed by atoms with Gasteiger partial charge in [0, 0.05) is 30.0 Å². The molecule has 0 unspecified atom stereocenters.